The SMILES string of the molecule is CCc1ccc(N[C@@H]2NC(=O)/C(=C/c3cc(I)c(OCc4ccc5c(c4)OCO5)c(OC)c3)S2)cc1. The average Bonchev–Trinajstić information content (AvgIpc) is 3.49. The number of hydrogen-bond acceptors (Lipinski definition) is 7. The van der Waals surface area contributed by atoms with Gasteiger partial charge in [-0.05, 0) is 88.2 Å². The molecule has 0 spiro atoms. The highest BCUT2D eigenvalue weighted by atomic mass is 127. The number of benzene rings is 3. The predicted octanol–water partition coefficient (Wildman–Crippen LogP) is 5.77. The second-order valence-corrected chi connectivity index (χ2v) is 10.5. The van der Waals surface area contributed by atoms with E-state index in [1.165, 1.54) is 17.3 Å². The number of nitrogens with one attached hydrogen (secondary N) is 2. The lowest BCUT2D eigenvalue weighted by Crippen LogP contribution is -2.30. The molecular formula is C27H25IN2O5S. The van der Waals surface area contributed by atoms with E-state index in [1.54, 1.807) is 7.11 Å². The number of rotatable bonds is 8. The first-order valence-electron chi connectivity index (χ1n) is 11.5. The molecule has 0 aromatic heterocycles. The monoisotopic (exact) mass is 616 g/mol. The number of halogens is 1. The molecule has 2 heterocycles. The van der Waals surface area contributed by atoms with E-state index in [-0.39, 0.29) is 18.2 Å². The lowest BCUT2D eigenvalue weighted by atomic mass is 10.1. The maximum absolute atomic E-state index is 12.6. The van der Waals surface area contributed by atoms with Gasteiger partial charge < -0.3 is 29.6 Å². The van der Waals surface area contributed by atoms with E-state index in [2.05, 4.69) is 52.3 Å². The molecule has 2 aliphatic heterocycles. The minimum Gasteiger partial charge on any atom is -0.493 e. The normalized spacial score (nSPS) is 17.2. The number of amides is 1. The van der Waals surface area contributed by atoms with Gasteiger partial charge in [-0.15, -0.1) is 0 Å². The van der Waals surface area contributed by atoms with Crippen molar-refractivity contribution in [3.63, 3.8) is 0 Å². The van der Waals surface area contributed by atoms with Gasteiger partial charge in [-0.25, -0.2) is 0 Å². The highest BCUT2D eigenvalue weighted by molar-refractivity contribution is 14.1. The minimum atomic E-state index is -0.235. The Balaban J connectivity index is 1.28. The van der Waals surface area contributed by atoms with Gasteiger partial charge in [0.25, 0.3) is 5.91 Å². The fraction of sp³-hybridized carbons (Fsp3) is 0.222. The Hall–Kier alpha value is -3.05. The Morgan fingerprint density at radius 3 is 2.67 bits per heavy atom. The van der Waals surface area contributed by atoms with E-state index in [0.717, 1.165) is 38.3 Å². The Morgan fingerprint density at radius 1 is 1.11 bits per heavy atom. The summed E-state index contributed by atoms with van der Waals surface area (Å²) in [7, 11) is 1.61. The van der Waals surface area contributed by atoms with Crippen LogP contribution in [0.3, 0.4) is 0 Å². The number of hydrogen-bond donors (Lipinski definition) is 2. The van der Waals surface area contributed by atoms with Crippen LogP contribution in [0.25, 0.3) is 6.08 Å². The molecule has 2 N–H and O–H groups in total. The van der Waals surface area contributed by atoms with E-state index >= 15 is 0 Å². The number of carbonyl (C=O) groups is 1. The molecule has 1 amide bonds. The van der Waals surface area contributed by atoms with Gasteiger partial charge in [0.05, 0.1) is 15.6 Å². The van der Waals surface area contributed by atoms with Crippen LogP contribution in [-0.2, 0) is 17.8 Å². The first-order chi connectivity index (χ1) is 17.5. The zero-order valence-electron chi connectivity index (χ0n) is 19.8. The largest absolute Gasteiger partial charge is 0.493 e. The third kappa shape index (κ3) is 5.52. The van der Waals surface area contributed by atoms with Gasteiger partial charge in [-0.2, -0.15) is 0 Å². The molecule has 3 aromatic carbocycles. The van der Waals surface area contributed by atoms with E-state index in [1.807, 2.05) is 48.5 Å². The van der Waals surface area contributed by atoms with Crippen LogP contribution >= 0.6 is 34.4 Å². The van der Waals surface area contributed by atoms with Crippen LogP contribution in [0, 0.1) is 3.57 Å². The molecule has 1 atom stereocenters. The van der Waals surface area contributed by atoms with Crippen molar-refractivity contribution in [2.75, 3.05) is 19.2 Å². The second kappa shape index (κ2) is 10.9. The quantitative estimate of drug-likeness (QED) is 0.246. The van der Waals surface area contributed by atoms with Crippen molar-refractivity contribution in [2.45, 2.75) is 25.4 Å². The zero-order chi connectivity index (χ0) is 25.1. The van der Waals surface area contributed by atoms with Crippen LogP contribution in [0.5, 0.6) is 23.0 Å². The lowest BCUT2D eigenvalue weighted by molar-refractivity contribution is -0.116. The molecule has 7 nitrogen and oxygen atoms in total. The van der Waals surface area contributed by atoms with E-state index in [4.69, 9.17) is 18.9 Å². The maximum Gasteiger partial charge on any atom is 0.260 e. The van der Waals surface area contributed by atoms with Gasteiger partial charge in [0.1, 0.15) is 6.61 Å². The van der Waals surface area contributed by atoms with Crippen LogP contribution < -0.4 is 29.6 Å². The number of fused-ring (bicyclic) bond motifs is 1. The van der Waals surface area contributed by atoms with Crippen LogP contribution in [0.4, 0.5) is 5.69 Å². The molecule has 2 aliphatic rings. The van der Waals surface area contributed by atoms with Crippen LogP contribution in [-0.4, -0.2) is 25.3 Å². The summed E-state index contributed by atoms with van der Waals surface area (Å²) in [5.41, 5.74) is 3.83. The molecule has 0 radical (unpaired) electrons. The Bertz CT molecular complexity index is 1310. The molecule has 0 aliphatic carbocycles. The summed E-state index contributed by atoms with van der Waals surface area (Å²) in [6, 6.07) is 17.8. The van der Waals surface area contributed by atoms with Crippen molar-refractivity contribution in [1.82, 2.24) is 5.32 Å². The van der Waals surface area contributed by atoms with E-state index < -0.39 is 0 Å². The average molecular weight is 616 g/mol. The van der Waals surface area contributed by atoms with Crippen molar-refractivity contribution >= 4 is 52.0 Å². The number of methoxy groups -OCH3 is 1. The third-order valence-corrected chi connectivity index (χ3v) is 7.59. The van der Waals surface area contributed by atoms with Gasteiger partial charge in [0.15, 0.2) is 28.5 Å². The summed E-state index contributed by atoms with van der Waals surface area (Å²) in [6.45, 7) is 2.72. The summed E-state index contributed by atoms with van der Waals surface area (Å²) in [4.78, 5) is 13.2. The summed E-state index contributed by atoms with van der Waals surface area (Å²) >= 11 is 3.68. The van der Waals surface area contributed by atoms with Gasteiger partial charge in [-0.3, -0.25) is 4.79 Å². The number of thioether (sulfide) groups is 1. The molecule has 1 fully saturated rings. The van der Waals surface area contributed by atoms with Crippen molar-refractivity contribution in [2.24, 2.45) is 0 Å². The summed E-state index contributed by atoms with van der Waals surface area (Å²) in [5, 5.41) is 6.34. The molecule has 0 bridgehead atoms. The highest BCUT2D eigenvalue weighted by Gasteiger charge is 2.27. The minimum absolute atomic E-state index is 0.111. The molecule has 0 unspecified atom stereocenters. The molecule has 36 heavy (non-hydrogen) atoms. The van der Waals surface area contributed by atoms with Crippen LogP contribution in [0.1, 0.15) is 23.6 Å². The van der Waals surface area contributed by atoms with Crippen molar-refractivity contribution < 1.29 is 23.7 Å². The topological polar surface area (TPSA) is 78.1 Å². The predicted molar refractivity (Wildman–Crippen MR) is 150 cm³/mol. The Labute approximate surface area is 227 Å². The number of anilines is 1. The molecule has 9 heteroatoms. The lowest BCUT2D eigenvalue weighted by Gasteiger charge is -2.14. The first kappa shape index (κ1) is 24.6. The van der Waals surface area contributed by atoms with Crippen molar-refractivity contribution in [3.05, 3.63) is 79.8 Å². The fourth-order valence-electron chi connectivity index (χ4n) is 3.85. The van der Waals surface area contributed by atoms with Gasteiger partial charge in [-0.1, -0.05) is 36.9 Å². The maximum atomic E-state index is 12.6. The highest BCUT2D eigenvalue weighted by Crippen LogP contribution is 2.38. The number of carbonyl (C=O) groups excluding carboxylic acids is 1. The zero-order valence-corrected chi connectivity index (χ0v) is 22.8. The summed E-state index contributed by atoms with van der Waals surface area (Å²) in [6.07, 6.45) is 2.86. The van der Waals surface area contributed by atoms with E-state index in [9.17, 15) is 4.79 Å². The molecule has 5 rings (SSSR count). The third-order valence-electron chi connectivity index (χ3n) is 5.76. The van der Waals surface area contributed by atoms with Gasteiger partial charge >= 0.3 is 0 Å². The van der Waals surface area contributed by atoms with E-state index in [0.29, 0.717) is 23.0 Å². The van der Waals surface area contributed by atoms with Gasteiger partial charge in [0.2, 0.25) is 6.79 Å². The standard InChI is InChI=1S/C27H25IN2O5S/c1-3-16-4-7-19(8-5-16)29-27-30-26(31)24(36-27)13-18-10-20(28)25(23(12-18)32-2)33-14-17-6-9-21-22(11-17)35-15-34-21/h4-13,27,29H,3,14-15H2,1-2H3,(H,30,31)/b24-13-/t27-/m1/s1. The summed E-state index contributed by atoms with van der Waals surface area (Å²) in [5.74, 6) is 2.60. The molecule has 3 aromatic rings. The molecular weight excluding hydrogens is 591 g/mol. The van der Waals surface area contributed by atoms with Gasteiger partial charge in [0, 0.05) is 5.69 Å². The second-order valence-electron chi connectivity index (χ2n) is 8.19. The number of aryl methyl sites for hydroxylation is 1. The molecule has 186 valence electrons. The Kier molecular flexibility index (Phi) is 7.47. The summed E-state index contributed by atoms with van der Waals surface area (Å²) < 4.78 is 23.4. The smallest absolute Gasteiger partial charge is 0.260 e. The van der Waals surface area contributed by atoms with Crippen LogP contribution in [0.2, 0.25) is 0 Å². The van der Waals surface area contributed by atoms with Crippen molar-refractivity contribution in [3.8, 4) is 23.0 Å². The van der Waals surface area contributed by atoms with Crippen molar-refractivity contribution in [1.29, 1.82) is 0 Å². The van der Waals surface area contributed by atoms with Crippen LogP contribution in [0.15, 0.2) is 59.5 Å². The first-order valence-corrected chi connectivity index (χ1v) is 13.4. The Morgan fingerprint density at radius 2 is 1.89 bits per heavy atom. The number of ether oxygens (including phenoxy) is 4. The molecule has 0 saturated carbocycles. The molecule has 1 saturated heterocycles. The fourth-order valence-corrected chi connectivity index (χ4v) is 5.62.